The highest BCUT2D eigenvalue weighted by molar-refractivity contribution is 7.84. The molecule has 1 N–H and O–H groups in total. The molecular formula is C23H33NO4S. The van der Waals surface area contributed by atoms with Gasteiger partial charge in [-0.25, -0.2) is 0 Å². The summed E-state index contributed by atoms with van der Waals surface area (Å²) >= 11 is 0. The van der Waals surface area contributed by atoms with E-state index in [2.05, 4.69) is 13.0 Å². The van der Waals surface area contributed by atoms with Crippen LogP contribution in [0.15, 0.2) is 18.2 Å². The first-order valence-corrected chi connectivity index (χ1v) is 12.6. The molecule has 5 rings (SSSR count). The van der Waals surface area contributed by atoms with Crippen molar-refractivity contribution in [3.8, 4) is 5.75 Å². The lowest BCUT2D eigenvalue weighted by atomic mass is 9.52. The highest BCUT2D eigenvalue weighted by atomic mass is 32.2. The van der Waals surface area contributed by atoms with Gasteiger partial charge in [-0.05, 0) is 90.4 Å². The Morgan fingerprint density at radius 2 is 2.00 bits per heavy atom. The van der Waals surface area contributed by atoms with Crippen LogP contribution in [-0.2, 0) is 16.7 Å². The number of fused-ring (bicyclic) bond motifs is 3. The van der Waals surface area contributed by atoms with Crippen molar-refractivity contribution in [2.45, 2.75) is 71.3 Å². The first-order valence-electron chi connectivity index (χ1n) is 11.3. The number of hydrogen-bond acceptors (Lipinski definition) is 4. The molecule has 0 aliphatic heterocycles. The Morgan fingerprint density at radius 1 is 1.24 bits per heavy atom. The second-order valence-electron chi connectivity index (χ2n) is 9.89. The Labute approximate surface area is 174 Å². The minimum Gasteiger partial charge on any atom is -0.393 e. The molecule has 4 aliphatic rings. The van der Waals surface area contributed by atoms with Crippen molar-refractivity contribution in [1.82, 2.24) is 4.31 Å². The molecule has 0 radical (unpaired) electrons. The molecule has 3 fully saturated rings. The quantitative estimate of drug-likeness (QED) is 0.787. The highest BCUT2D eigenvalue weighted by Gasteiger charge is 2.76. The molecular weight excluding hydrogens is 386 g/mol. The number of aliphatic hydroxyl groups is 1. The van der Waals surface area contributed by atoms with Crippen molar-refractivity contribution in [1.29, 1.82) is 0 Å². The lowest BCUT2D eigenvalue weighted by molar-refractivity contribution is -0.0558. The smallest absolute Gasteiger partial charge is 0.385 e. The van der Waals surface area contributed by atoms with Gasteiger partial charge in [0.15, 0.2) is 0 Å². The van der Waals surface area contributed by atoms with Crippen molar-refractivity contribution in [2.75, 3.05) is 13.1 Å². The van der Waals surface area contributed by atoms with Gasteiger partial charge in [0.1, 0.15) is 5.75 Å². The van der Waals surface area contributed by atoms with E-state index in [9.17, 15) is 13.5 Å². The monoisotopic (exact) mass is 419 g/mol. The predicted molar refractivity (Wildman–Crippen MR) is 112 cm³/mol. The lowest BCUT2D eigenvalue weighted by Crippen LogP contribution is -2.47. The zero-order chi connectivity index (χ0) is 20.6. The number of hydrogen-bond donors (Lipinski definition) is 1. The van der Waals surface area contributed by atoms with E-state index in [1.807, 2.05) is 26.0 Å². The van der Waals surface area contributed by atoms with Crippen molar-refractivity contribution >= 4 is 10.3 Å². The maximum Gasteiger partial charge on any atom is 0.385 e. The molecule has 160 valence electrons. The molecule has 0 bridgehead atoms. The second kappa shape index (κ2) is 6.44. The summed E-state index contributed by atoms with van der Waals surface area (Å²) in [4.78, 5) is 0. The minimum atomic E-state index is -3.75. The van der Waals surface area contributed by atoms with Crippen molar-refractivity contribution in [3.63, 3.8) is 0 Å². The first kappa shape index (κ1) is 19.8. The van der Waals surface area contributed by atoms with E-state index in [4.69, 9.17) is 4.18 Å². The third-order valence-corrected chi connectivity index (χ3v) is 10.6. The Kier molecular flexibility index (Phi) is 4.41. The summed E-state index contributed by atoms with van der Waals surface area (Å²) in [5, 5.41) is 10.7. The average Bonchev–Trinajstić information content (AvgIpc) is 3.34. The summed E-state index contributed by atoms with van der Waals surface area (Å²) in [7, 11) is -3.75. The summed E-state index contributed by atoms with van der Waals surface area (Å²) in [6.45, 7) is 6.78. The molecule has 0 heterocycles. The fraction of sp³-hybridized carbons (Fsp3) is 0.739. The normalized spacial score (nSPS) is 40.0. The molecule has 6 heteroatoms. The Balaban J connectivity index is 1.42. The Hall–Kier alpha value is -1.11. The van der Waals surface area contributed by atoms with Crippen LogP contribution in [0.5, 0.6) is 5.75 Å². The fourth-order valence-electron chi connectivity index (χ4n) is 7.54. The predicted octanol–water partition coefficient (Wildman–Crippen LogP) is 3.87. The summed E-state index contributed by atoms with van der Waals surface area (Å²) in [5.74, 6) is 2.32. The van der Waals surface area contributed by atoms with Gasteiger partial charge in [0, 0.05) is 13.1 Å². The van der Waals surface area contributed by atoms with E-state index in [1.54, 1.807) is 0 Å². The van der Waals surface area contributed by atoms with Crippen LogP contribution in [0.1, 0.15) is 69.9 Å². The number of rotatable bonds is 5. The lowest BCUT2D eigenvalue weighted by Gasteiger charge is -2.52. The van der Waals surface area contributed by atoms with E-state index in [-0.39, 0.29) is 11.5 Å². The van der Waals surface area contributed by atoms with Crippen molar-refractivity contribution in [3.05, 3.63) is 29.3 Å². The first-order chi connectivity index (χ1) is 13.8. The van der Waals surface area contributed by atoms with E-state index < -0.39 is 10.3 Å². The summed E-state index contributed by atoms with van der Waals surface area (Å²) in [6, 6.07) is 5.90. The Morgan fingerprint density at radius 3 is 2.72 bits per heavy atom. The van der Waals surface area contributed by atoms with Gasteiger partial charge in [0.05, 0.1) is 6.10 Å². The Bertz CT molecular complexity index is 927. The van der Waals surface area contributed by atoms with E-state index in [1.165, 1.54) is 21.9 Å². The van der Waals surface area contributed by atoms with Gasteiger partial charge < -0.3 is 9.29 Å². The van der Waals surface area contributed by atoms with E-state index in [0.29, 0.717) is 42.0 Å². The van der Waals surface area contributed by atoms with Crippen molar-refractivity contribution < 1.29 is 17.7 Å². The summed E-state index contributed by atoms with van der Waals surface area (Å²) in [5.41, 5.74) is 3.07. The number of nitrogens with zero attached hydrogens (tertiary/aromatic N) is 1. The molecule has 2 unspecified atom stereocenters. The third-order valence-electron chi connectivity index (χ3n) is 9.04. The van der Waals surface area contributed by atoms with Gasteiger partial charge in [0.25, 0.3) is 0 Å². The van der Waals surface area contributed by atoms with Crippen molar-refractivity contribution in [2.24, 2.45) is 22.7 Å². The van der Waals surface area contributed by atoms with Gasteiger partial charge >= 0.3 is 10.3 Å². The number of aliphatic hydroxyl groups excluding tert-OH is 1. The molecule has 3 saturated carbocycles. The zero-order valence-electron chi connectivity index (χ0n) is 17.7. The van der Waals surface area contributed by atoms with Crippen LogP contribution in [0.4, 0.5) is 0 Å². The molecule has 4 aliphatic carbocycles. The molecule has 0 amide bonds. The molecule has 1 aromatic carbocycles. The zero-order valence-corrected chi connectivity index (χ0v) is 18.5. The summed E-state index contributed by atoms with van der Waals surface area (Å²) < 4.78 is 31.7. The highest BCUT2D eigenvalue weighted by Crippen LogP contribution is 2.81. The van der Waals surface area contributed by atoms with E-state index >= 15 is 0 Å². The molecule has 5 nitrogen and oxygen atoms in total. The second-order valence-corrected chi connectivity index (χ2v) is 11.4. The number of aryl methyl sites for hydroxylation is 1. The molecule has 0 saturated heterocycles. The van der Waals surface area contributed by atoms with Gasteiger partial charge in [0.2, 0.25) is 0 Å². The van der Waals surface area contributed by atoms with Gasteiger partial charge in [-0.1, -0.05) is 26.8 Å². The minimum absolute atomic E-state index is 0.0945. The maximum atomic E-state index is 12.5. The van der Waals surface area contributed by atoms with Crippen LogP contribution in [-0.4, -0.2) is 37.0 Å². The molecule has 1 spiro atoms. The van der Waals surface area contributed by atoms with Gasteiger partial charge in [-0.3, -0.25) is 0 Å². The van der Waals surface area contributed by atoms with Crippen LogP contribution in [0.3, 0.4) is 0 Å². The summed E-state index contributed by atoms with van der Waals surface area (Å²) in [6.07, 6.45) is 6.48. The standard InChI is InChI=1S/C23H33NO4S/c1-4-24(5-2)29(26,27)28-17-7-8-18-15(12-17)6-9-20-19(18)10-11-22(3)21(25)13-16-14-23(16,20)22/h7-8,12,16,19-21,25H,4-6,9-11,13-14H2,1-3H3/t16-,19?,20?,21+,22-,23+/m1/s1. The van der Waals surface area contributed by atoms with E-state index in [0.717, 1.165) is 32.1 Å². The topological polar surface area (TPSA) is 66.8 Å². The third kappa shape index (κ3) is 2.61. The van der Waals surface area contributed by atoms with Crippen LogP contribution in [0, 0.1) is 22.7 Å². The largest absolute Gasteiger partial charge is 0.393 e. The average molecular weight is 420 g/mol. The molecule has 29 heavy (non-hydrogen) atoms. The fourth-order valence-corrected chi connectivity index (χ4v) is 8.63. The molecule has 0 aromatic heterocycles. The number of benzene rings is 1. The van der Waals surface area contributed by atoms with Gasteiger partial charge in [-0.15, -0.1) is 0 Å². The van der Waals surface area contributed by atoms with Gasteiger partial charge in [-0.2, -0.15) is 12.7 Å². The van der Waals surface area contributed by atoms with Crippen LogP contribution < -0.4 is 4.18 Å². The van der Waals surface area contributed by atoms with Crippen LogP contribution in [0.2, 0.25) is 0 Å². The molecule has 6 atom stereocenters. The SMILES string of the molecule is CCN(CC)S(=O)(=O)Oc1ccc2c(c1)CCC1C2CC[C@]2(C)[C@@H](O)C[C@@H]3C[C@@]132. The van der Waals surface area contributed by atoms with Crippen LogP contribution in [0.25, 0.3) is 0 Å². The molecule has 1 aromatic rings. The maximum absolute atomic E-state index is 12.5. The van der Waals surface area contributed by atoms with Crippen LogP contribution >= 0.6 is 0 Å².